The maximum Gasteiger partial charge on any atom is 0.286 e. The number of furan rings is 1. The van der Waals surface area contributed by atoms with Crippen molar-refractivity contribution in [3.8, 4) is 0 Å². The van der Waals surface area contributed by atoms with Gasteiger partial charge >= 0.3 is 0 Å². The molecule has 30 heavy (non-hydrogen) atoms. The average Bonchev–Trinajstić information content (AvgIpc) is 3.53. The van der Waals surface area contributed by atoms with Crippen LogP contribution in [0.25, 0.3) is 11.1 Å². The van der Waals surface area contributed by atoms with E-state index in [4.69, 9.17) is 14.1 Å². The Hall–Kier alpha value is -3.14. The van der Waals surface area contributed by atoms with Crippen molar-refractivity contribution in [2.24, 2.45) is 0 Å². The lowest BCUT2D eigenvalue weighted by molar-refractivity contribution is 0.0937. The van der Waals surface area contributed by atoms with Crippen molar-refractivity contribution >= 4 is 34.6 Å². The molecule has 1 aliphatic heterocycles. The van der Waals surface area contributed by atoms with Gasteiger partial charge in [-0.15, -0.1) is 0 Å². The molecule has 3 aromatic rings. The van der Waals surface area contributed by atoms with Crippen LogP contribution < -0.4 is 15.5 Å². The molecule has 158 valence electrons. The zero-order valence-corrected chi connectivity index (χ0v) is 16.9. The third kappa shape index (κ3) is 3.58. The van der Waals surface area contributed by atoms with E-state index in [1.807, 2.05) is 6.07 Å². The van der Waals surface area contributed by atoms with Crippen LogP contribution in [0.4, 0.5) is 17.6 Å². The maximum absolute atomic E-state index is 12.1. The number of nitrogens with one attached hydrogen (secondary N) is 3. The number of H-pyrrole nitrogens is 1. The molecule has 3 N–H and O–H groups in total. The molecule has 0 radical (unpaired) electrons. The van der Waals surface area contributed by atoms with E-state index in [1.54, 1.807) is 13.1 Å². The number of carbonyl (C=O) groups is 1. The Morgan fingerprint density at radius 1 is 1.20 bits per heavy atom. The number of nitrogens with zero attached hydrogens (tertiary/aromatic N) is 4. The molecule has 10 nitrogen and oxygen atoms in total. The second kappa shape index (κ2) is 7.94. The lowest BCUT2D eigenvalue weighted by atomic mass is 10.0. The zero-order chi connectivity index (χ0) is 20.5. The number of morpholine rings is 1. The summed E-state index contributed by atoms with van der Waals surface area (Å²) in [6.07, 6.45) is 4.93. The van der Waals surface area contributed by atoms with E-state index in [0.29, 0.717) is 60.9 Å². The molecule has 10 heteroatoms. The van der Waals surface area contributed by atoms with E-state index < -0.39 is 0 Å². The number of ether oxygens (including phenoxy) is 1. The number of aromatic amines is 1. The molecule has 1 amide bonds. The normalized spacial score (nSPS) is 17.6. The average molecular weight is 411 g/mol. The number of rotatable bonds is 5. The van der Waals surface area contributed by atoms with Crippen molar-refractivity contribution in [1.82, 2.24) is 25.5 Å². The number of amides is 1. The topological polar surface area (TPSA) is 121 Å². The van der Waals surface area contributed by atoms with E-state index in [0.717, 1.165) is 5.69 Å². The molecule has 5 rings (SSSR count). The van der Waals surface area contributed by atoms with Gasteiger partial charge in [0.1, 0.15) is 5.52 Å². The number of hydrogen-bond donors (Lipinski definition) is 3. The third-order valence-electron chi connectivity index (χ3n) is 5.75. The van der Waals surface area contributed by atoms with Crippen molar-refractivity contribution in [2.45, 2.75) is 31.6 Å². The lowest BCUT2D eigenvalue weighted by Crippen LogP contribution is -2.37. The van der Waals surface area contributed by atoms with Crippen LogP contribution >= 0.6 is 0 Å². The largest absolute Gasteiger partial charge is 0.445 e. The zero-order valence-electron chi connectivity index (χ0n) is 16.9. The minimum atomic E-state index is -0.302. The quantitative estimate of drug-likeness (QED) is 0.586. The van der Waals surface area contributed by atoms with E-state index in [2.05, 4.69) is 30.7 Å². The molecule has 2 aliphatic rings. The first kappa shape index (κ1) is 18.9. The van der Waals surface area contributed by atoms with Crippen LogP contribution in [0.1, 0.15) is 47.8 Å². The van der Waals surface area contributed by atoms with Crippen LogP contribution in [0.2, 0.25) is 0 Å². The minimum absolute atomic E-state index is 0.205. The smallest absolute Gasteiger partial charge is 0.286 e. The van der Waals surface area contributed by atoms with Gasteiger partial charge in [-0.2, -0.15) is 10.1 Å². The van der Waals surface area contributed by atoms with Gasteiger partial charge in [-0.3, -0.25) is 9.89 Å². The Kier molecular flexibility index (Phi) is 4.99. The van der Waals surface area contributed by atoms with Crippen molar-refractivity contribution < 1.29 is 13.9 Å². The van der Waals surface area contributed by atoms with Crippen molar-refractivity contribution in [1.29, 1.82) is 0 Å². The van der Waals surface area contributed by atoms with Gasteiger partial charge in [-0.1, -0.05) is 12.8 Å². The summed E-state index contributed by atoms with van der Waals surface area (Å²) in [6.45, 7) is 2.61. The summed E-state index contributed by atoms with van der Waals surface area (Å²) < 4.78 is 11.3. The number of anilines is 3. The SMILES string of the molecule is CNC(=O)c1cc2nc(Nc3cc(C4CCCC4)[nH]n3)nc(N3CCOCC3)c2o1. The summed E-state index contributed by atoms with van der Waals surface area (Å²) in [6, 6.07) is 3.67. The van der Waals surface area contributed by atoms with Gasteiger partial charge in [0.2, 0.25) is 5.95 Å². The monoisotopic (exact) mass is 411 g/mol. The fourth-order valence-electron chi connectivity index (χ4n) is 4.16. The molecule has 1 saturated heterocycles. The molecule has 0 aromatic carbocycles. The molecule has 0 bridgehead atoms. The first-order chi connectivity index (χ1) is 14.7. The Morgan fingerprint density at radius 3 is 2.77 bits per heavy atom. The molecule has 4 heterocycles. The number of fused-ring (bicyclic) bond motifs is 1. The highest BCUT2D eigenvalue weighted by molar-refractivity contribution is 5.97. The van der Waals surface area contributed by atoms with E-state index in [9.17, 15) is 4.79 Å². The summed E-state index contributed by atoms with van der Waals surface area (Å²) in [4.78, 5) is 23.4. The molecule has 1 aliphatic carbocycles. The molecule has 0 unspecified atom stereocenters. The van der Waals surface area contributed by atoms with Crippen molar-refractivity contribution in [3.63, 3.8) is 0 Å². The first-order valence-corrected chi connectivity index (χ1v) is 10.4. The Labute approximate surface area is 173 Å². The van der Waals surface area contributed by atoms with Gasteiger partial charge in [0.05, 0.1) is 13.2 Å². The molecule has 0 atom stereocenters. The van der Waals surface area contributed by atoms with Crippen LogP contribution in [0, 0.1) is 0 Å². The van der Waals surface area contributed by atoms with Gasteiger partial charge in [0.25, 0.3) is 5.91 Å². The second-order valence-corrected chi connectivity index (χ2v) is 7.69. The highest BCUT2D eigenvalue weighted by atomic mass is 16.5. The third-order valence-corrected chi connectivity index (χ3v) is 5.75. The Morgan fingerprint density at radius 2 is 2.00 bits per heavy atom. The summed E-state index contributed by atoms with van der Waals surface area (Å²) >= 11 is 0. The maximum atomic E-state index is 12.1. The van der Waals surface area contributed by atoms with Crippen LogP contribution in [0.3, 0.4) is 0 Å². The van der Waals surface area contributed by atoms with E-state index >= 15 is 0 Å². The van der Waals surface area contributed by atoms with Crippen LogP contribution in [0.5, 0.6) is 0 Å². The molecular weight excluding hydrogens is 386 g/mol. The first-order valence-electron chi connectivity index (χ1n) is 10.4. The molecule has 1 saturated carbocycles. The number of carbonyl (C=O) groups excluding carboxylic acids is 1. The van der Waals surface area contributed by atoms with Crippen molar-refractivity contribution in [2.75, 3.05) is 43.6 Å². The molecule has 3 aromatic heterocycles. The minimum Gasteiger partial charge on any atom is -0.445 e. The fraction of sp³-hybridized carbons (Fsp3) is 0.500. The Balaban J connectivity index is 1.49. The molecule has 2 fully saturated rings. The second-order valence-electron chi connectivity index (χ2n) is 7.69. The van der Waals surface area contributed by atoms with Crippen LogP contribution in [-0.4, -0.2) is 59.4 Å². The van der Waals surface area contributed by atoms with E-state index in [1.165, 1.54) is 25.7 Å². The summed E-state index contributed by atoms with van der Waals surface area (Å²) in [5, 5.41) is 13.3. The summed E-state index contributed by atoms with van der Waals surface area (Å²) in [5.74, 6) is 2.19. The number of hydrogen-bond acceptors (Lipinski definition) is 8. The summed E-state index contributed by atoms with van der Waals surface area (Å²) in [7, 11) is 1.57. The lowest BCUT2D eigenvalue weighted by Gasteiger charge is -2.27. The predicted octanol–water partition coefficient (Wildman–Crippen LogP) is 2.54. The predicted molar refractivity (Wildman–Crippen MR) is 111 cm³/mol. The number of aromatic nitrogens is 4. The van der Waals surface area contributed by atoms with Gasteiger partial charge in [0, 0.05) is 43.9 Å². The summed E-state index contributed by atoms with van der Waals surface area (Å²) in [5.41, 5.74) is 2.21. The van der Waals surface area contributed by atoms with Crippen LogP contribution in [-0.2, 0) is 4.74 Å². The van der Waals surface area contributed by atoms with Gasteiger partial charge < -0.3 is 24.7 Å². The standard InChI is InChI=1S/C20H25N7O3/c1-21-19(28)15-10-14-17(30-15)18(27-6-8-29-9-7-27)24-20(22-14)23-16-11-13(25-26-16)12-4-2-3-5-12/h10-12H,2-9H2,1H3,(H,21,28)(H2,22,23,24,25,26). The van der Waals surface area contributed by atoms with Gasteiger partial charge in [0.15, 0.2) is 23.0 Å². The van der Waals surface area contributed by atoms with Crippen molar-refractivity contribution in [3.05, 3.63) is 23.6 Å². The van der Waals surface area contributed by atoms with Gasteiger partial charge in [-0.05, 0) is 12.8 Å². The Bertz CT molecular complexity index is 1050. The van der Waals surface area contributed by atoms with Gasteiger partial charge in [-0.25, -0.2) is 4.98 Å². The van der Waals surface area contributed by atoms with Crippen LogP contribution in [0.15, 0.2) is 16.5 Å². The highest BCUT2D eigenvalue weighted by Gasteiger charge is 2.23. The highest BCUT2D eigenvalue weighted by Crippen LogP contribution is 2.34. The van der Waals surface area contributed by atoms with E-state index in [-0.39, 0.29) is 11.7 Å². The fourth-order valence-corrected chi connectivity index (χ4v) is 4.16. The molecule has 0 spiro atoms. The molecular formula is C20H25N7O3.